The Kier molecular flexibility index (Phi) is 4.58. The van der Waals surface area contributed by atoms with E-state index in [-0.39, 0.29) is 6.04 Å². The van der Waals surface area contributed by atoms with Crippen LogP contribution in [0.15, 0.2) is 6.07 Å². The number of rotatable bonds is 4. The quantitative estimate of drug-likeness (QED) is 0.897. The van der Waals surface area contributed by atoms with Gasteiger partial charge < -0.3 is 15.4 Å². The number of nitrogens with zero attached hydrogens (tertiary/aromatic N) is 3. The second-order valence-corrected chi connectivity index (χ2v) is 5.26. The zero-order valence-corrected chi connectivity index (χ0v) is 12.1. The molecule has 1 aliphatic rings. The third-order valence-electron chi connectivity index (χ3n) is 3.68. The summed E-state index contributed by atoms with van der Waals surface area (Å²) in [7, 11) is 0. The Bertz CT molecular complexity index is 414. The minimum Gasteiger partial charge on any atom is -0.478 e. The second-order valence-electron chi connectivity index (χ2n) is 5.26. The average Bonchev–Trinajstić information content (AvgIpc) is 2.38. The van der Waals surface area contributed by atoms with Gasteiger partial charge in [0.25, 0.3) is 0 Å². The zero-order chi connectivity index (χ0) is 13.8. The van der Waals surface area contributed by atoms with Crippen molar-refractivity contribution in [2.24, 2.45) is 11.7 Å². The Hall–Kier alpha value is -1.36. The second kappa shape index (κ2) is 6.19. The van der Waals surface area contributed by atoms with E-state index in [1.165, 1.54) is 0 Å². The predicted octanol–water partition coefficient (Wildman–Crippen LogP) is 1.75. The molecule has 5 heteroatoms. The fraction of sp³-hybridized carbons (Fsp3) is 0.714. The van der Waals surface area contributed by atoms with Crippen molar-refractivity contribution in [3.05, 3.63) is 11.8 Å². The van der Waals surface area contributed by atoms with Crippen LogP contribution in [0.2, 0.25) is 0 Å². The fourth-order valence-corrected chi connectivity index (χ4v) is 2.51. The van der Waals surface area contributed by atoms with Crippen molar-refractivity contribution in [3.63, 3.8) is 0 Å². The van der Waals surface area contributed by atoms with Crippen molar-refractivity contribution >= 4 is 5.95 Å². The summed E-state index contributed by atoms with van der Waals surface area (Å²) in [6, 6.07) is 2.15. The topological polar surface area (TPSA) is 64.3 Å². The van der Waals surface area contributed by atoms with Gasteiger partial charge in [-0.3, -0.25) is 0 Å². The molecule has 2 rings (SSSR count). The minimum atomic E-state index is 0.277. The Morgan fingerprint density at radius 2 is 2.11 bits per heavy atom. The Morgan fingerprint density at radius 1 is 1.42 bits per heavy atom. The molecule has 0 amide bonds. The van der Waals surface area contributed by atoms with E-state index in [9.17, 15) is 0 Å². The summed E-state index contributed by atoms with van der Waals surface area (Å²) < 4.78 is 5.48. The van der Waals surface area contributed by atoms with E-state index >= 15 is 0 Å². The lowest BCUT2D eigenvalue weighted by atomic mass is 9.91. The molecule has 1 fully saturated rings. The molecule has 19 heavy (non-hydrogen) atoms. The van der Waals surface area contributed by atoms with E-state index in [0.29, 0.717) is 18.4 Å². The van der Waals surface area contributed by atoms with Crippen LogP contribution < -0.4 is 15.4 Å². The molecule has 2 N–H and O–H groups in total. The number of aryl methyl sites for hydroxylation is 1. The number of ether oxygens (including phenoxy) is 1. The maximum atomic E-state index is 5.97. The van der Waals surface area contributed by atoms with Gasteiger partial charge in [0.2, 0.25) is 11.8 Å². The maximum Gasteiger partial charge on any atom is 0.228 e. The Labute approximate surface area is 115 Å². The van der Waals surface area contributed by atoms with Crippen LogP contribution in [0.25, 0.3) is 0 Å². The van der Waals surface area contributed by atoms with Gasteiger partial charge in [0.15, 0.2) is 0 Å². The van der Waals surface area contributed by atoms with Crippen LogP contribution in [0, 0.1) is 12.8 Å². The van der Waals surface area contributed by atoms with Crippen LogP contribution >= 0.6 is 0 Å². The predicted molar refractivity (Wildman–Crippen MR) is 76.5 cm³/mol. The highest BCUT2D eigenvalue weighted by atomic mass is 16.5. The molecule has 0 radical (unpaired) electrons. The molecule has 1 saturated heterocycles. The molecule has 0 saturated carbocycles. The molecule has 2 heterocycles. The van der Waals surface area contributed by atoms with Crippen molar-refractivity contribution < 1.29 is 4.74 Å². The van der Waals surface area contributed by atoms with E-state index in [2.05, 4.69) is 21.8 Å². The summed E-state index contributed by atoms with van der Waals surface area (Å²) in [5.74, 6) is 2.07. The maximum absolute atomic E-state index is 5.97. The van der Waals surface area contributed by atoms with Crippen LogP contribution in [-0.4, -0.2) is 35.7 Å². The molecule has 0 aromatic carbocycles. The summed E-state index contributed by atoms with van der Waals surface area (Å²) in [6.45, 7) is 8.61. The Balaban J connectivity index is 2.06. The summed E-state index contributed by atoms with van der Waals surface area (Å²) in [5.41, 5.74) is 6.92. The lowest BCUT2D eigenvalue weighted by molar-refractivity contribution is 0.323. The number of piperidine rings is 1. The molecule has 1 atom stereocenters. The monoisotopic (exact) mass is 264 g/mol. The molecule has 0 bridgehead atoms. The molecule has 0 aliphatic carbocycles. The fourth-order valence-electron chi connectivity index (χ4n) is 2.51. The normalized spacial score (nSPS) is 18.4. The summed E-state index contributed by atoms with van der Waals surface area (Å²) in [4.78, 5) is 11.2. The van der Waals surface area contributed by atoms with Crippen LogP contribution in [0.4, 0.5) is 5.95 Å². The SMILES string of the molecule is CCOc1cc(C)nc(N2CCC(C(C)N)CC2)n1. The van der Waals surface area contributed by atoms with Gasteiger partial charge in [0.1, 0.15) is 0 Å². The molecule has 1 unspecified atom stereocenters. The van der Waals surface area contributed by atoms with E-state index < -0.39 is 0 Å². The number of hydrogen-bond donors (Lipinski definition) is 1. The highest BCUT2D eigenvalue weighted by molar-refractivity contribution is 5.34. The van der Waals surface area contributed by atoms with Crippen molar-refractivity contribution in [2.45, 2.75) is 39.7 Å². The van der Waals surface area contributed by atoms with Gasteiger partial charge in [-0.2, -0.15) is 4.98 Å². The first-order chi connectivity index (χ1) is 9.10. The molecule has 5 nitrogen and oxygen atoms in total. The molecule has 0 spiro atoms. The lowest BCUT2D eigenvalue weighted by Crippen LogP contribution is -2.40. The van der Waals surface area contributed by atoms with Crippen LogP contribution in [0.1, 0.15) is 32.4 Å². The van der Waals surface area contributed by atoms with Gasteiger partial charge in [0.05, 0.1) is 6.61 Å². The summed E-state index contributed by atoms with van der Waals surface area (Å²) in [5, 5.41) is 0. The number of hydrogen-bond acceptors (Lipinski definition) is 5. The van der Waals surface area contributed by atoms with Crippen molar-refractivity contribution in [1.82, 2.24) is 9.97 Å². The largest absolute Gasteiger partial charge is 0.478 e. The van der Waals surface area contributed by atoms with Gasteiger partial charge >= 0.3 is 0 Å². The van der Waals surface area contributed by atoms with Gasteiger partial charge in [-0.05, 0) is 39.5 Å². The van der Waals surface area contributed by atoms with E-state index in [0.717, 1.165) is 37.6 Å². The van der Waals surface area contributed by atoms with Crippen LogP contribution in [-0.2, 0) is 0 Å². The number of anilines is 1. The third-order valence-corrected chi connectivity index (χ3v) is 3.68. The standard InChI is InChI=1S/C14H24N4O/c1-4-19-13-9-10(2)16-14(17-13)18-7-5-12(6-8-18)11(3)15/h9,11-12H,4-8,15H2,1-3H3. The van der Waals surface area contributed by atoms with E-state index in [1.54, 1.807) is 0 Å². The molecular formula is C14H24N4O. The van der Waals surface area contributed by atoms with Crippen LogP contribution in [0.3, 0.4) is 0 Å². The summed E-state index contributed by atoms with van der Waals surface area (Å²) >= 11 is 0. The van der Waals surface area contributed by atoms with Gasteiger partial charge in [-0.15, -0.1) is 0 Å². The van der Waals surface area contributed by atoms with Crippen LogP contribution in [0.5, 0.6) is 5.88 Å². The van der Waals surface area contributed by atoms with Crippen molar-refractivity contribution in [1.29, 1.82) is 0 Å². The summed E-state index contributed by atoms with van der Waals surface area (Å²) in [6.07, 6.45) is 2.22. The average molecular weight is 264 g/mol. The number of nitrogens with two attached hydrogens (primary N) is 1. The van der Waals surface area contributed by atoms with Gasteiger partial charge in [-0.25, -0.2) is 4.98 Å². The van der Waals surface area contributed by atoms with Crippen molar-refractivity contribution in [2.75, 3.05) is 24.6 Å². The van der Waals surface area contributed by atoms with Gasteiger partial charge in [-0.1, -0.05) is 0 Å². The smallest absolute Gasteiger partial charge is 0.228 e. The first kappa shape index (κ1) is 14.1. The molecule has 106 valence electrons. The minimum absolute atomic E-state index is 0.277. The highest BCUT2D eigenvalue weighted by Crippen LogP contribution is 2.24. The highest BCUT2D eigenvalue weighted by Gasteiger charge is 2.23. The lowest BCUT2D eigenvalue weighted by Gasteiger charge is -2.33. The first-order valence-electron chi connectivity index (χ1n) is 7.09. The van der Waals surface area contributed by atoms with Crippen molar-refractivity contribution in [3.8, 4) is 5.88 Å². The third kappa shape index (κ3) is 3.56. The molecule has 1 aliphatic heterocycles. The molecule has 1 aromatic heterocycles. The van der Waals surface area contributed by atoms with E-state index in [1.807, 2.05) is 19.9 Å². The van der Waals surface area contributed by atoms with E-state index in [4.69, 9.17) is 10.5 Å². The molecule has 1 aromatic rings. The van der Waals surface area contributed by atoms with Gasteiger partial charge in [0, 0.05) is 30.9 Å². The Morgan fingerprint density at radius 3 is 2.68 bits per heavy atom. The molecular weight excluding hydrogens is 240 g/mol. The first-order valence-corrected chi connectivity index (χ1v) is 7.09. The number of aromatic nitrogens is 2. The zero-order valence-electron chi connectivity index (χ0n) is 12.1.